The number of hydrogen-bond donors (Lipinski definition) is 2. The third-order valence-corrected chi connectivity index (χ3v) is 5.45. The maximum absolute atomic E-state index is 12.1. The predicted octanol–water partition coefficient (Wildman–Crippen LogP) is 2.71. The summed E-state index contributed by atoms with van der Waals surface area (Å²) < 4.78 is 5.37. The molecule has 0 spiro atoms. The van der Waals surface area contributed by atoms with Gasteiger partial charge in [0, 0.05) is 29.8 Å². The van der Waals surface area contributed by atoms with Gasteiger partial charge in [0.05, 0.1) is 12.4 Å². The first-order valence-corrected chi connectivity index (χ1v) is 9.45. The summed E-state index contributed by atoms with van der Waals surface area (Å²) in [6, 6.07) is 7.75. The van der Waals surface area contributed by atoms with Crippen molar-refractivity contribution in [1.82, 2.24) is 10.6 Å². The van der Waals surface area contributed by atoms with Crippen molar-refractivity contribution in [2.24, 2.45) is 5.41 Å². The Labute approximate surface area is 147 Å². The van der Waals surface area contributed by atoms with Gasteiger partial charge in [-0.25, -0.2) is 0 Å². The normalized spacial score (nSPS) is 17.0. The van der Waals surface area contributed by atoms with Crippen LogP contribution in [0.25, 0.3) is 0 Å². The number of carbonyl (C=O) groups excluding carboxylic acids is 1. The van der Waals surface area contributed by atoms with Gasteiger partial charge >= 0.3 is 0 Å². The van der Waals surface area contributed by atoms with Crippen LogP contribution in [0, 0.1) is 5.41 Å². The van der Waals surface area contributed by atoms with Crippen molar-refractivity contribution in [3.63, 3.8) is 0 Å². The molecule has 1 heterocycles. The van der Waals surface area contributed by atoms with Crippen molar-refractivity contribution in [3.8, 4) is 0 Å². The Kier molecular flexibility index (Phi) is 7.70. The van der Waals surface area contributed by atoms with Crippen LogP contribution in [0.5, 0.6) is 0 Å². The van der Waals surface area contributed by atoms with Crippen molar-refractivity contribution in [1.29, 1.82) is 0 Å². The van der Waals surface area contributed by atoms with Crippen molar-refractivity contribution >= 4 is 29.3 Å². The van der Waals surface area contributed by atoms with E-state index < -0.39 is 0 Å². The molecule has 6 heteroatoms. The minimum absolute atomic E-state index is 0.0799. The zero-order chi connectivity index (χ0) is 16.5. The van der Waals surface area contributed by atoms with E-state index in [1.54, 1.807) is 18.9 Å². The lowest BCUT2D eigenvalue weighted by Gasteiger charge is -2.37. The first-order chi connectivity index (χ1) is 11.1. The van der Waals surface area contributed by atoms with Crippen molar-refractivity contribution in [3.05, 3.63) is 34.9 Å². The molecule has 2 N–H and O–H groups in total. The van der Waals surface area contributed by atoms with Crippen LogP contribution in [0.3, 0.4) is 0 Å². The highest BCUT2D eigenvalue weighted by atomic mass is 35.5. The van der Waals surface area contributed by atoms with E-state index in [1.807, 2.05) is 24.3 Å². The number of nitrogens with one attached hydrogen (secondary N) is 2. The van der Waals surface area contributed by atoms with E-state index in [4.69, 9.17) is 16.3 Å². The minimum Gasteiger partial charge on any atom is -0.384 e. The van der Waals surface area contributed by atoms with Gasteiger partial charge in [0.1, 0.15) is 0 Å². The summed E-state index contributed by atoms with van der Waals surface area (Å²) in [5, 5.41) is 7.18. The average Bonchev–Trinajstić information content (AvgIpc) is 2.56. The number of halogens is 1. The van der Waals surface area contributed by atoms with Gasteiger partial charge in [-0.3, -0.25) is 4.79 Å². The lowest BCUT2D eigenvalue weighted by molar-refractivity contribution is -0.119. The quantitative estimate of drug-likeness (QED) is 0.752. The highest BCUT2D eigenvalue weighted by Gasteiger charge is 2.32. The minimum atomic E-state index is 0.0799. The van der Waals surface area contributed by atoms with Crippen LogP contribution in [0.2, 0.25) is 5.02 Å². The summed E-state index contributed by atoms with van der Waals surface area (Å²) in [6.45, 7) is 3.38. The van der Waals surface area contributed by atoms with E-state index in [0.717, 1.165) is 36.7 Å². The predicted molar refractivity (Wildman–Crippen MR) is 97.0 cm³/mol. The topological polar surface area (TPSA) is 50.4 Å². The number of methoxy groups -OCH3 is 1. The number of benzene rings is 1. The zero-order valence-electron chi connectivity index (χ0n) is 13.6. The Hall–Kier alpha value is -0.750. The number of carbonyl (C=O) groups is 1. The van der Waals surface area contributed by atoms with Crippen LogP contribution in [-0.2, 0) is 15.3 Å². The van der Waals surface area contributed by atoms with Crippen molar-refractivity contribution in [2.75, 3.05) is 39.1 Å². The second-order valence-electron chi connectivity index (χ2n) is 6.08. The molecule has 0 atom stereocenters. The second-order valence-corrected chi connectivity index (χ2v) is 7.50. The van der Waals surface area contributed by atoms with Gasteiger partial charge in [-0.05, 0) is 43.6 Å². The molecule has 0 bridgehead atoms. The Bertz CT molecular complexity index is 484. The Morgan fingerprint density at radius 1 is 1.35 bits per heavy atom. The monoisotopic (exact) mass is 356 g/mol. The van der Waals surface area contributed by atoms with Gasteiger partial charge in [0.2, 0.25) is 5.91 Å². The molecule has 1 aromatic carbocycles. The van der Waals surface area contributed by atoms with Gasteiger partial charge in [-0.1, -0.05) is 23.7 Å². The first kappa shape index (κ1) is 18.6. The third kappa shape index (κ3) is 6.34. The van der Waals surface area contributed by atoms with E-state index in [1.165, 1.54) is 5.56 Å². The lowest BCUT2D eigenvalue weighted by atomic mass is 9.79. The summed E-state index contributed by atoms with van der Waals surface area (Å²) in [4.78, 5) is 12.1. The van der Waals surface area contributed by atoms with Crippen LogP contribution >= 0.6 is 23.4 Å². The zero-order valence-corrected chi connectivity index (χ0v) is 15.1. The molecule has 1 saturated heterocycles. The molecule has 4 nitrogen and oxygen atoms in total. The Morgan fingerprint density at radius 2 is 2.04 bits per heavy atom. The summed E-state index contributed by atoms with van der Waals surface area (Å²) >= 11 is 7.48. The van der Waals surface area contributed by atoms with E-state index in [-0.39, 0.29) is 11.3 Å². The smallest absolute Gasteiger partial charge is 0.230 e. The first-order valence-electron chi connectivity index (χ1n) is 7.92. The van der Waals surface area contributed by atoms with Crippen LogP contribution in [0.4, 0.5) is 0 Å². The number of rotatable bonds is 8. The van der Waals surface area contributed by atoms with E-state index in [0.29, 0.717) is 18.9 Å². The molecule has 23 heavy (non-hydrogen) atoms. The lowest BCUT2D eigenvalue weighted by Crippen LogP contribution is -2.47. The molecule has 0 saturated carbocycles. The maximum Gasteiger partial charge on any atom is 0.230 e. The SMILES string of the molecule is COCC1(CNC(=O)CSCc2ccc(Cl)cc2)CCNCC1. The molecule has 0 unspecified atom stereocenters. The molecule has 1 amide bonds. The van der Waals surface area contributed by atoms with Crippen LogP contribution in [0.15, 0.2) is 24.3 Å². The van der Waals surface area contributed by atoms with Gasteiger partial charge < -0.3 is 15.4 Å². The number of hydrogen-bond acceptors (Lipinski definition) is 4. The maximum atomic E-state index is 12.1. The van der Waals surface area contributed by atoms with Gasteiger partial charge in [0.15, 0.2) is 0 Å². The molecule has 1 aliphatic heterocycles. The van der Waals surface area contributed by atoms with Gasteiger partial charge in [-0.2, -0.15) is 0 Å². The van der Waals surface area contributed by atoms with Gasteiger partial charge in [-0.15, -0.1) is 11.8 Å². The number of thioether (sulfide) groups is 1. The molecule has 0 aliphatic carbocycles. The molecule has 1 fully saturated rings. The summed E-state index contributed by atoms with van der Waals surface area (Å²) in [6.07, 6.45) is 2.08. The highest BCUT2D eigenvalue weighted by Crippen LogP contribution is 2.28. The molecule has 0 radical (unpaired) electrons. The summed E-state index contributed by atoms with van der Waals surface area (Å²) in [5.41, 5.74) is 1.26. The molecule has 0 aromatic heterocycles. The number of piperidine rings is 1. The molecule has 1 aliphatic rings. The van der Waals surface area contributed by atoms with E-state index in [2.05, 4.69) is 10.6 Å². The van der Waals surface area contributed by atoms with Crippen LogP contribution in [-0.4, -0.2) is 45.0 Å². The number of amides is 1. The fraction of sp³-hybridized carbons (Fsp3) is 0.588. The van der Waals surface area contributed by atoms with Crippen LogP contribution < -0.4 is 10.6 Å². The second kappa shape index (κ2) is 9.52. The van der Waals surface area contributed by atoms with E-state index in [9.17, 15) is 4.79 Å². The van der Waals surface area contributed by atoms with Gasteiger partial charge in [0.25, 0.3) is 0 Å². The van der Waals surface area contributed by atoms with Crippen molar-refractivity contribution in [2.45, 2.75) is 18.6 Å². The highest BCUT2D eigenvalue weighted by molar-refractivity contribution is 7.99. The summed E-state index contributed by atoms with van der Waals surface area (Å²) in [7, 11) is 1.73. The Balaban J connectivity index is 1.70. The molecule has 2 rings (SSSR count). The average molecular weight is 357 g/mol. The Morgan fingerprint density at radius 3 is 2.70 bits per heavy atom. The molecule has 1 aromatic rings. The third-order valence-electron chi connectivity index (χ3n) is 4.19. The largest absolute Gasteiger partial charge is 0.384 e. The van der Waals surface area contributed by atoms with Crippen LogP contribution in [0.1, 0.15) is 18.4 Å². The summed E-state index contributed by atoms with van der Waals surface area (Å²) in [5.74, 6) is 1.39. The molecular formula is C17H25ClN2O2S. The fourth-order valence-electron chi connectivity index (χ4n) is 2.81. The molecular weight excluding hydrogens is 332 g/mol. The number of ether oxygens (including phenoxy) is 1. The molecule has 128 valence electrons. The van der Waals surface area contributed by atoms with E-state index >= 15 is 0 Å². The standard InChI is InChI=1S/C17H25ClN2O2S/c1-22-13-17(6-8-19-9-7-17)12-20-16(21)11-23-10-14-2-4-15(18)5-3-14/h2-5,19H,6-13H2,1H3,(H,20,21). The fourth-order valence-corrected chi connectivity index (χ4v) is 3.76. The van der Waals surface area contributed by atoms with Crippen molar-refractivity contribution < 1.29 is 9.53 Å².